The zero-order valence-electron chi connectivity index (χ0n) is 32.1. The maximum Gasteiger partial charge on any atom is 0.407 e. The molecule has 14 nitrogen and oxygen atoms in total. The number of carbonyl (C=O) groups is 4. The number of imidazole rings is 2. The maximum absolute atomic E-state index is 13.6. The minimum absolute atomic E-state index is 0.105. The number of nitrogens with zero attached hydrogens (tertiary/aromatic N) is 4. The van der Waals surface area contributed by atoms with Gasteiger partial charge in [-0.15, -0.1) is 0 Å². The van der Waals surface area contributed by atoms with Gasteiger partial charge in [0.15, 0.2) is 0 Å². The summed E-state index contributed by atoms with van der Waals surface area (Å²) >= 11 is 1.65. The number of aromatic amines is 2. The quantitative estimate of drug-likeness (QED) is 0.122. The molecule has 4 N–H and O–H groups in total. The molecular weight excluding hydrogens is 721 g/mol. The average molecular weight is 771 g/mol. The monoisotopic (exact) mass is 770 g/mol. The van der Waals surface area contributed by atoms with E-state index in [1.54, 1.807) is 22.9 Å². The number of aromatic nitrogens is 4. The molecule has 4 aromatic rings. The largest absolute Gasteiger partial charge is 0.453 e. The maximum atomic E-state index is 13.6. The number of amides is 4. The fourth-order valence-electron chi connectivity index (χ4n) is 7.26. The SMILES string of the molecule is COC(=O)N[C@H](C(=O)N1CCC[C@H]1c1ncc(-c2ccc(Sc3cccc(-c4cnc([C@@H]5CCCN5C(=O)[C@@H](NC(=O)OC)C(C)C)[nH]4)c3)cc2)[nH]1)C(C)C. The van der Waals surface area contributed by atoms with Gasteiger partial charge in [-0.2, -0.15) is 0 Å². The second-order valence-corrected chi connectivity index (χ2v) is 15.8. The summed E-state index contributed by atoms with van der Waals surface area (Å²) in [7, 11) is 2.58. The average Bonchev–Trinajstić information content (AvgIpc) is 4.02. The number of alkyl carbamates (subject to hydrolysis) is 2. The van der Waals surface area contributed by atoms with E-state index in [1.165, 1.54) is 14.2 Å². The van der Waals surface area contributed by atoms with Crippen molar-refractivity contribution in [3.05, 3.63) is 72.6 Å². The summed E-state index contributed by atoms with van der Waals surface area (Å²) in [6.07, 6.45) is 5.61. The molecule has 55 heavy (non-hydrogen) atoms. The van der Waals surface area contributed by atoms with Gasteiger partial charge in [-0.1, -0.05) is 63.7 Å². The highest BCUT2D eigenvalue weighted by molar-refractivity contribution is 7.99. The van der Waals surface area contributed by atoms with Crippen LogP contribution in [0.5, 0.6) is 0 Å². The van der Waals surface area contributed by atoms with E-state index in [9.17, 15) is 19.2 Å². The van der Waals surface area contributed by atoms with Crippen molar-refractivity contribution in [2.75, 3.05) is 27.3 Å². The predicted octanol–water partition coefficient (Wildman–Crippen LogP) is 6.71. The van der Waals surface area contributed by atoms with E-state index >= 15 is 0 Å². The van der Waals surface area contributed by atoms with E-state index < -0.39 is 24.3 Å². The molecule has 2 aliphatic rings. The Kier molecular flexibility index (Phi) is 12.5. The Bertz CT molecular complexity index is 1980. The van der Waals surface area contributed by atoms with Gasteiger partial charge in [-0.25, -0.2) is 19.6 Å². The summed E-state index contributed by atoms with van der Waals surface area (Å²) in [4.78, 5) is 73.0. The third kappa shape index (κ3) is 8.98. The lowest BCUT2D eigenvalue weighted by Crippen LogP contribution is -2.51. The first-order chi connectivity index (χ1) is 26.5. The van der Waals surface area contributed by atoms with E-state index in [-0.39, 0.29) is 35.7 Å². The predicted molar refractivity (Wildman–Crippen MR) is 208 cm³/mol. The van der Waals surface area contributed by atoms with Crippen molar-refractivity contribution in [2.45, 2.75) is 87.3 Å². The highest BCUT2D eigenvalue weighted by Crippen LogP contribution is 2.36. The van der Waals surface area contributed by atoms with Gasteiger partial charge in [0, 0.05) is 28.4 Å². The van der Waals surface area contributed by atoms with Gasteiger partial charge in [-0.3, -0.25) is 9.59 Å². The van der Waals surface area contributed by atoms with Crippen LogP contribution in [0.15, 0.2) is 70.7 Å². The van der Waals surface area contributed by atoms with Crippen LogP contribution in [0.2, 0.25) is 0 Å². The standard InChI is InChI=1S/C40H50N8O6S/c1-23(2)33(45-39(51)53-5)37(49)47-18-8-12-31(47)35-41-21-29(43-35)25-14-16-27(17-15-25)55-28-11-7-10-26(20-28)30-22-42-36(44-30)32-13-9-19-48(32)38(50)34(24(3)4)46-40(52)54-6/h7,10-11,14-17,20-24,31-34H,8-9,12-13,18-19H2,1-6H3,(H,41,43)(H,42,44)(H,45,51)(H,46,52)/t31-,32-,33-,34-/m0/s1. The van der Waals surface area contributed by atoms with Crippen LogP contribution in [0.3, 0.4) is 0 Å². The Morgan fingerprint density at radius 3 is 1.67 bits per heavy atom. The van der Waals surface area contributed by atoms with Crippen LogP contribution in [-0.2, 0) is 19.1 Å². The first-order valence-corrected chi connectivity index (χ1v) is 19.6. The number of carbonyl (C=O) groups excluding carboxylic acids is 4. The highest BCUT2D eigenvalue weighted by atomic mass is 32.2. The second kappa shape index (κ2) is 17.4. The molecule has 0 saturated carbocycles. The summed E-state index contributed by atoms with van der Waals surface area (Å²) < 4.78 is 9.51. The van der Waals surface area contributed by atoms with Crippen LogP contribution < -0.4 is 10.6 Å². The van der Waals surface area contributed by atoms with Crippen molar-refractivity contribution < 1.29 is 28.7 Å². The molecule has 0 unspecified atom stereocenters. The molecule has 2 aromatic carbocycles. The van der Waals surface area contributed by atoms with Crippen LogP contribution in [0, 0.1) is 11.8 Å². The van der Waals surface area contributed by atoms with Gasteiger partial charge >= 0.3 is 12.2 Å². The van der Waals surface area contributed by atoms with Crippen molar-refractivity contribution in [1.82, 2.24) is 40.4 Å². The third-order valence-corrected chi connectivity index (χ3v) is 11.2. The van der Waals surface area contributed by atoms with Crippen molar-refractivity contribution in [2.24, 2.45) is 11.8 Å². The van der Waals surface area contributed by atoms with E-state index in [2.05, 4.69) is 62.0 Å². The molecule has 2 aliphatic heterocycles. The molecule has 2 saturated heterocycles. The van der Waals surface area contributed by atoms with Gasteiger partial charge in [0.25, 0.3) is 0 Å². The summed E-state index contributed by atoms with van der Waals surface area (Å²) in [5, 5.41) is 5.39. The Labute approximate surface area is 325 Å². The third-order valence-electron chi connectivity index (χ3n) is 10.2. The number of hydrogen-bond donors (Lipinski definition) is 4. The van der Waals surface area contributed by atoms with E-state index in [4.69, 9.17) is 14.5 Å². The topological polar surface area (TPSA) is 175 Å². The fraction of sp³-hybridized carbons (Fsp3) is 0.450. The highest BCUT2D eigenvalue weighted by Gasteiger charge is 2.39. The van der Waals surface area contributed by atoms with Crippen LogP contribution in [-0.4, -0.2) is 93.1 Å². The van der Waals surface area contributed by atoms with Crippen molar-refractivity contribution in [3.63, 3.8) is 0 Å². The van der Waals surface area contributed by atoms with E-state index in [1.807, 2.05) is 50.9 Å². The number of likely N-dealkylation sites (tertiary alicyclic amines) is 2. The van der Waals surface area contributed by atoms with E-state index in [0.29, 0.717) is 13.1 Å². The number of H-pyrrole nitrogens is 2. The zero-order chi connectivity index (χ0) is 39.2. The summed E-state index contributed by atoms with van der Waals surface area (Å²) in [5.41, 5.74) is 3.68. The molecule has 0 aliphatic carbocycles. The first kappa shape index (κ1) is 39.4. The Morgan fingerprint density at radius 2 is 1.20 bits per heavy atom. The summed E-state index contributed by atoms with van der Waals surface area (Å²) in [6.45, 7) is 8.79. The van der Waals surface area contributed by atoms with Gasteiger partial charge in [0.05, 0.1) is 50.1 Å². The molecule has 2 aromatic heterocycles. The Hall–Kier alpha value is -5.31. The zero-order valence-corrected chi connectivity index (χ0v) is 32.9. The lowest BCUT2D eigenvalue weighted by molar-refractivity contribution is -0.136. The Morgan fingerprint density at radius 1 is 0.709 bits per heavy atom. The number of benzene rings is 2. The lowest BCUT2D eigenvalue weighted by Gasteiger charge is -2.30. The fourth-order valence-corrected chi connectivity index (χ4v) is 8.13. The molecule has 4 atom stereocenters. The number of nitrogens with one attached hydrogen (secondary N) is 4. The molecule has 0 spiro atoms. The van der Waals surface area contributed by atoms with Crippen LogP contribution in [0.25, 0.3) is 22.5 Å². The smallest absolute Gasteiger partial charge is 0.407 e. The molecule has 6 rings (SSSR count). The van der Waals surface area contributed by atoms with Gasteiger partial charge in [-0.05, 0) is 67.3 Å². The van der Waals surface area contributed by atoms with Crippen LogP contribution in [0.4, 0.5) is 9.59 Å². The van der Waals surface area contributed by atoms with Crippen molar-refractivity contribution in [3.8, 4) is 22.5 Å². The molecule has 0 radical (unpaired) electrons. The minimum Gasteiger partial charge on any atom is -0.453 e. The lowest BCUT2D eigenvalue weighted by atomic mass is 10.0. The molecule has 0 bridgehead atoms. The second-order valence-electron chi connectivity index (χ2n) is 14.6. The molecule has 4 amide bonds. The first-order valence-electron chi connectivity index (χ1n) is 18.8. The molecule has 292 valence electrons. The number of rotatable bonds is 12. The molecular formula is C40H50N8O6S. The van der Waals surface area contributed by atoms with Crippen molar-refractivity contribution >= 4 is 35.8 Å². The van der Waals surface area contributed by atoms with Gasteiger partial charge in [0.2, 0.25) is 11.8 Å². The number of ether oxygens (including phenoxy) is 2. The number of methoxy groups -OCH3 is 2. The van der Waals surface area contributed by atoms with Crippen LogP contribution >= 0.6 is 11.8 Å². The van der Waals surface area contributed by atoms with E-state index in [0.717, 1.165) is 69.6 Å². The molecule has 4 heterocycles. The number of hydrogen-bond acceptors (Lipinski definition) is 9. The summed E-state index contributed by atoms with van der Waals surface area (Å²) in [6, 6.07) is 14.7. The van der Waals surface area contributed by atoms with Crippen molar-refractivity contribution in [1.29, 1.82) is 0 Å². The molecule has 2 fully saturated rings. The minimum atomic E-state index is -0.691. The summed E-state index contributed by atoms with van der Waals surface area (Å²) in [5.74, 6) is 0.950. The van der Waals surface area contributed by atoms with Gasteiger partial charge < -0.3 is 39.9 Å². The molecule has 15 heteroatoms. The van der Waals surface area contributed by atoms with Crippen LogP contribution in [0.1, 0.15) is 77.1 Å². The Balaban J connectivity index is 1.10. The normalized spacial score (nSPS) is 18.0. The van der Waals surface area contributed by atoms with Gasteiger partial charge in [0.1, 0.15) is 23.7 Å².